The molecule has 35 heavy (non-hydrogen) atoms. The second-order valence-corrected chi connectivity index (χ2v) is 12.5. The third-order valence-electron chi connectivity index (χ3n) is 5.60. The average Bonchev–Trinajstić information content (AvgIpc) is 2.77. The number of hydrogen-bond donors (Lipinski definition) is 4. The fourth-order valence-corrected chi connectivity index (χ4v) is 6.01. The number of nitrogens with one attached hydrogen (secondary N) is 3. The average molecular weight is 531 g/mol. The Balaban J connectivity index is 2.52. The maximum absolute atomic E-state index is 12.8. The van der Waals surface area contributed by atoms with Crippen molar-refractivity contribution in [1.82, 2.24) is 16.0 Å². The summed E-state index contributed by atoms with van der Waals surface area (Å²) < 4.78 is 0. The predicted octanol–water partition coefficient (Wildman–Crippen LogP) is 1.42. The molecule has 0 bridgehead atoms. The highest BCUT2D eigenvalue weighted by Crippen LogP contribution is 2.39. The van der Waals surface area contributed by atoms with E-state index in [0.29, 0.717) is 23.6 Å². The summed E-state index contributed by atoms with van der Waals surface area (Å²) in [6.45, 7) is 7.90. The van der Waals surface area contributed by atoms with Gasteiger partial charge in [-0.3, -0.25) is 24.0 Å². The van der Waals surface area contributed by atoms with Crippen LogP contribution in [0.15, 0.2) is 0 Å². The second-order valence-electron chi connectivity index (χ2n) is 9.79. The van der Waals surface area contributed by atoms with Gasteiger partial charge in [0.05, 0.1) is 6.54 Å². The Labute approximate surface area is 217 Å². The third-order valence-corrected chi connectivity index (χ3v) is 8.66. The first-order valence-corrected chi connectivity index (χ1v) is 14.3. The number of carbonyl (C=O) groups excluding carboxylic acids is 5. The molecule has 0 spiro atoms. The number of hydrogen-bond acceptors (Lipinski definition) is 8. The maximum Gasteiger partial charge on any atom is 0.242 e. The van der Waals surface area contributed by atoms with E-state index < -0.39 is 23.3 Å². The molecule has 0 aromatic rings. The summed E-state index contributed by atoms with van der Waals surface area (Å²) in [7, 11) is 0. The second kappa shape index (κ2) is 16.2. The lowest BCUT2D eigenvalue weighted by Gasteiger charge is -2.35. The lowest BCUT2D eigenvalue weighted by molar-refractivity contribution is -0.131. The zero-order chi connectivity index (χ0) is 26.4. The number of thioether (sulfide) groups is 2. The van der Waals surface area contributed by atoms with Gasteiger partial charge in [0.2, 0.25) is 17.7 Å². The monoisotopic (exact) mass is 530 g/mol. The van der Waals surface area contributed by atoms with Gasteiger partial charge in [-0.25, -0.2) is 0 Å². The molecule has 1 aliphatic rings. The van der Waals surface area contributed by atoms with E-state index in [4.69, 9.17) is 5.73 Å². The molecule has 3 atom stereocenters. The predicted molar refractivity (Wildman–Crippen MR) is 142 cm³/mol. The van der Waals surface area contributed by atoms with E-state index in [2.05, 4.69) is 16.0 Å². The van der Waals surface area contributed by atoms with Crippen molar-refractivity contribution in [3.05, 3.63) is 0 Å². The van der Waals surface area contributed by atoms with E-state index in [1.807, 2.05) is 44.3 Å². The summed E-state index contributed by atoms with van der Waals surface area (Å²) >= 11 is 3.75. The summed E-state index contributed by atoms with van der Waals surface area (Å²) in [6.07, 6.45) is 2.54. The van der Waals surface area contributed by atoms with Crippen LogP contribution in [0.5, 0.6) is 0 Å². The fourth-order valence-electron chi connectivity index (χ4n) is 3.27. The number of nitrogens with two attached hydrogens (primary N) is 1. The van der Waals surface area contributed by atoms with Crippen molar-refractivity contribution in [2.45, 2.75) is 82.8 Å². The Hall–Kier alpha value is -1.59. The molecule has 2 unspecified atom stereocenters. The van der Waals surface area contributed by atoms with Gasteiger partial charge in [0.15, 0.2) is 0 Å². The van der Waals surface area contributed by atoms with Crippen LogP contribution in [0.3, 0.4) is 0 Å². The zero-order valence-electron chi connectivity index (χ0n) is 21.4. The summed E-state index contributed by atoms with van der Waals surface area (Å²) in [5.74, 6) is 0.382. The zero-order valence-corrected chi connectivity index (χ0v) is 23.1. The molecule has 0 aliphatic heterocycles. The lowest BCUT2D eigenvalue weighted by atomic mass is 9.87. The standard InChI is InChI=1S/C24H42N4O5S2/c1-16(29)15-27-21(31)9-10-22(32)28-17(5-8-20(30)24(2,3)4)23(33)26-12-14-35-19-7-6-18(19)34-13-11-25/h17-19H,5-15,25H2,1-4H3,(H,26,33)(H,27,31)(H,28,32)/t17-,18?,19?/m1/s1. The molecule has 0 aromatic heterocycles. The molecule has 0 heterocycles. The number of Topliss-reactive ketones (excluding diaryl/α,β-unsaturated/α-hetero) is 2. The SMILES string of the molecule is CC(=O)CNC(=O)CCC(=O)N[C@H](CCC(=O)C(C)(C)C)C(=O)NCCSC1CCC1SCCN. The number of carbonyl (C=O) groups is 5. The first-order chi connectivity index (χ1) is 16.4. The van der Waals surface area contributed by atoms with Crippen LogP contribution in [-0.4, -0.2) is 77.0 Å². The van der Waals surface area contributed by atoms with Crippen molar-refractivity contribution in [1.29, 1.82) is 0 Å². The highest BCUT2D eigenvalue weighted by atomic mass is 32.2. The van der Waals surface area contributed by atoms with E-state index >= 15 is 0 Å². The Morgan fingerprint density at radius 1 is 0.914 bits per heavy atom. The van der Waals surface area contributed by atoms with E-state index in [9.17, 15) is 24.0 Å². The summed E-state index contributed by atoms with van der Waals surface area (Å²) in [6, 6.07) is -0.851. The first-order valence-electron chi connectivity index (χ1n) is 12.2. The Kier molecular flexibility index (Phi) is 14.6. The van der Waals surface area contributed by atoms with Crippen LogP contribution in [0.4, 0.5) is 0 Å². The van der Waals surface area contributed by atoms with Crippen LogP contribution in [-0.2, 0) is 24.0 Å². The minimum absolute atomic E-state index is 0.00900. The quantitative estimate of drug-likeness (QED) is 0.207. The molecule has 9 nitrogen and oxygen atoms in total. The van der Waals surface area contributed by atoms with Gasteiger partial charge in [0.25, 0.3) is 0 Å². The Bertz CT molecular complexity index is 742. The number of rotatable bonds is 17. The molecule has 0 aromatic carbocycles. The highest BCUT2D eigenvalue weighted by molar-refractivity contribution is 8.04. The van der Waals surface area contributed by atoms with Crippen LogP contribution < -0.4 is 21.7 Å². The molecule has 3 amide bonds. The van der Waals surface area contributed by atoms with E-state index in [0.717, 1.165) is 11.5 Å². The number of ketones is 2. The highest BCUT2D eigenvalue weighted by Gasteiger charge is 2.31. The summed E-state index contributed by atoms with van der Waals surface area (Å²) in [5, 5.41) is 9.20. The van der Waals surface area contributed by atoms with Crippen LogP contribution in [0, 0.1) is 5.41 Å². The smallest absolute Gasteiger partial charge is 0.242 e. The maximum atomic E-state index is 12.8. The molecule has 0 saturated heterocycles. The van der Waals surface area contributed by atoms with Crippen molar-refractivity contribution in [2.24, 2.45) is 11.1 Å². The molecule has 0 radical (unpaired) electrons. The molecular weight excluding hydrogens is 488 g/mol. The van der Waals surface area contributed by atoms with Gasteiger partial charge >= 0.3 is 0 Å². The van der Waals surface area contributed by atoms with E-state index in [-0.39, 0.29) is 49.7 Å². The van der Waals surface area contributed by atoms with Crippen molar-refractivity contribution in [3.63, 3.8) is 0 Å². The van der Waals surface area contributed by atoms with Crippen LogP contribution >= 0.6 is 23.5 Å². The largest absolute Gasteiger partial charge is 0.353 e. The Morgan fingerprint density at radius 3 is 2.06 bits per heavy atom. The summed E-state index contributed by atoms with van der Waals surface area (Å²) in [5.41, 5.74) is 5.06. The van der Waals surface area contributed by atoms with Gasteiger partial charge in [-0.05, 0) is 26.2 Å². The molecule has 1 rings (SSSR count). The Morgan fingerprint density at radius 2 is 1.51 bits per heavy atom. The van der Waals surface area contributed by atoms with Crippen molar-refractivity contribution in [3.8, 4) is 0 Å². The molecule has 200 valence electrons. The fraction of sp³-hybridized carbons (Fsp3) is 0.792. The van der Waals surface area contributed by atoms with E-state index in [1.165, 1.54) is 19.8 Å². The third kappa shape index (κ3) is 13.3. The molecule has 1 aliphatic carbocycles. The van der Waals surface area contributed by atoms with Crippen LogP contribution in [0.2, 0.25) is 0 Å². The van der Waals surface area contributed by atoms with Gasteiger partial charge in [0.1, 0.15) is 17.6 Å². The van der Waals surface area contributed by atoms with E-state index in [1.54, 1.807) is 0 Å². The van der Waals surface area contributed by atoms with Crippen molar-refractivity contribution in [2.75, 3.05) is 31.1 Å². The van der Waals surface area contributed by atoms with Gasteiger partial charge < -0.3 is 21.7 Å². The molecule has 1 saturated carbocycles. The van der Waals surface area contributed by atoms with Crippen LogP contribution in [0.1, 0.15) is 66.2 Å². The molecule has 11 heteroatoms. The van der Waals surface area contributed by atoms with Gasteiger partial charge in [-0.1, -0.05) is 20.8 Å². The first kappa shape index (κ1) is 31.4. The number of amides is 3. The lowest BCUT2D eigenvalue weighted by Crippen LogP contribution is -2.48. The topological polar surface area (TPSA) is 147 Å². The van der Waals surface area contributed by atoms with Crippen LogP contribution in [0.25, 0.3) is 0 Å². The van der Waals surface area contributed by atoms with Crippen molar-refractivity contribution < 1.29 is 24.0 Å². The molecule has 1 fully saturated rings. The summed E-state index contributed by atoms with van der Waals surface area (Å²) in [4.78, 5) is 60.3. The van der Waals surface area contributed by atoms with Crippen molar-refractivity contribution >= 4 is 52.8 Å². The van der Waals surface area contributed by atoms with Gasteiger partial charge in [0, 0.05) is 59.8 Å². The normalized spacial score (nSPS) is 18.2. The minimum atomic E-state index is -0.851. The minimum Gasteiger partial charge on any atom is -0.353 e. The van der Waals surface area contributed by atoms with Gasteiger partial charge in [-0.2, -0.15) is 23.5 Å². The molecule has 5 N–H and O–H groups in total. The van der Waals surface area contributed by atoms with Gasteiger partial charge in [-0.15, -0.1) is 0 Å². The molecular formula is C24H42N4O5S2.